The van der Waals surface area contributed by atoms with E-state index >= 15 is 0 Å². The molecular formula is C8H15F3N2OS2. The molecule has 0 fully saturated rings. The first kappa shape index (κ1) is 15.9. The van der Waals surface area contributed by atoms with Gasteiger partial charge in [-0.3, -0.25) is 4.79 Å². The highest BCUT2D eigenvalue weighted by molar-refractivity contribution is 8.00. The van der Waals surface area contributed by atoms with E-state index in [1.165, 1.54) is 0 Å². The number of hydrogen-bond donors (Lipinski definition) is 2. The van der Waals surface area contributed by atoms with Crippen LogP contribution >= 0.6 is 23.5 Å². The van der Waals surface area contributed by atoms with Gasteiger partial charge in [0.15, 0.2) is 0 Å². The van der Waals surface area contributed by atoms with E-state index in [1.807, 2.05) is 6.26 Å². The molecule has 0 saturated heterocycles. The van der Waals surface area contributed by atoms with E-state index in [0.29, 0.717) is 6.42 Å². The fourth-order valence-electron chi connectivity index (χ4n) is 0.848. The molecule has 1 amide bonds. The molecule has 0 radical (unpaired) electrons. The monoisotopic (exact) mass is 276 g/mol. The number of carbonyl (C=O) groups is 1. The van der Waals surface area contributed by atoms with Crippen LogP contribution in [0.3, 0.4) is 0 Å². The van der Waals surface area contributed by atoms with Crippen molar-refractivity contribution < 1.29 is 18.0 Å². The zero-order chi connectivity index (χ0) is 12.6. The Morgan fingerprint density at radius 3 is 2.56 bits per heavy atom. The summed E-state index contributed by atoms with van der Waals surface area (Å²) in [6.45, 7) is -0.0179. The van der Waals surface area contributed by atoms with Crippen molar-refractivity contribution in [3.8, 4) is 0 Å². The molecule has 16 heavy (non-hydrogen) atoms. The average molecular weight is 276 g/mol. The fraction of sp³-hybridized carbons (Fsp3) is 0.875. The lowest BCUT2D eigenvalue weighted by Gasteiger charge is -2.11. The second-order valence-corrected chi connectivity index (χ2v) is 5.12. The Bertz CT molecular complexity index is 214. The Morgan fingerprint density at radius 2 is 2.06 bits per heavy atom. The number of halogens is 3. The summed E-state index contributed by atoms with van der Waals surface area (Å²) in [5.74, 6) is 0.174. The lowest BCUT2D eigenvalue weighted by atomic mass is 10.2. The van der Waals surface area contributed by atoms with E-state index in [9.17, 15) is 18.0 Å². The van der Waals surface area contributed by atoms with Gasteiger partial charge < -0.3 is 11.1 Å². The molecule has 0 aliphatic rings. The molecule has 0 rings (SSSR count). The summed E-state index contributed by atoms with van der Waals surface area (Å²) in [5, 5.41) is 2.37. The van der Waals surface area contributed by atoms with Gasteiger partial charge in [-0.15, -0.1) is 0 Å². The summed E-state index contributed by atoms with van der Waals surface area (Å²) in [7, 11) is 0. The van der Waals surface area contributed by atoms with E-state index in [-0.39, 0.29) is 24.1 Å². The van der Waals surface area contributed by atoms with Gasteiger partial charge in [0.25, 0.3) is 0 Å². The molecule has 0 saturated carbocycles. The number of alkyl halides is 3. The van der Waals surface area contributed by atoms with Crippen molar-refractivity contribution in [1.82, 2.24) is 5.32 Å². The van der Waals surface area contributed by atoms with E-state index < -0.39 is 17.5 Å². The second-order valence-electron chi connectivity index (χ2n) is 2.97. The van der Waals surface area contributed by atoms with Crippen LogP contribution in [-0.4, -0.2) is 41.8 Å². The van der Waals surface area contributed by atoms with Crippen LogP contribution in [-0.2, 0) is 4.79 Å². The summed E-state index contributed by atoms with van der Waals surface area (Å²) >= 11 is 1.41. The first-order valence-corrected chi connectivity index (χ1v) is 6.97. The maximum Gasteiger partial charge on any atom is 0.441 e. The first-order valence-electron chi connectivity index (χ1n) is 4.59. The number of thioether (sulfide) groups is 2. The molecule has 0 bridgehead atoms. The molecule has 3 nitrogen and oxygen atoms in total. The largest absolute Gasteiger partial charge is 0.441 e. The molecule has 0 spiro atoms. The first-order chi connectivity index (χ1) is 7.37. The lowest BCUT2D eigenvalue weighted by Crippen LogP contribution is -2.41. The highest BCUT2D eigenvalue weighted by atomic mass is 32.2. The molecule has 0 aromatic rings. The Kier molecular flexibility index (Phi) is 8.04. The Labute approximate surface area is 101 Å². The molecule has 1 atom stereocenters. The minimum Gasteiger partial charge on any atom is -0.354 e. The van der Waals surface area contributed by atoms with Gasteiger partial charge in [-0.05, 0) is 30.2 Å². The Hall–Kier alpha value is -0.0800. The maximum absolute atomic E-state index is 11.7. The predicted molar refractivity (Wildman–Crippen MR) is 62.5 cm³/mol. The fourth-order valence-corrected chi connectivity index (χ4v) is 1.77. The number of nitrogens with two attached hydrogens (primary N) is 1. The van der Waals surface area contributed by atoms with Gasteiger partial charge >= 0.3 is 5.51 Å². The van der Waals surface area contributed by atoms with Crippen LogP contribution in [0.15, 0.2) is 0 Å². The normalized spacial score (nSPS) is 13.6. The van der Waals surface area contributed by atoms with Crippen molar-refractivity contribution in [2.24, 2.45) is 5.73 Å². The van der Waals surface area contributed by atoms with E-state index in [4.69, 9.17) is 5.73 Å². The molecule has 0 unspecified atom stereocenters. The minimum atomic E-state index is -4.24. The molecule has 0 aliphatic heterocycles. The van der Waals surface area contributed by atoms with Crippen LogP contribution in [0.2, 0.25) is 0 Å². The zero-order valence-corrected chi connectivity index (χ0v) is 10.5. The van der Waals surface area contributed by atoms with Gasteiger partial charge in [0.05, 0.1) is 6.04 Å². The van der Waals surface area contributed by atoms with Crippen molar-refractivity contribution in [1.29, 1.82) is 0 Å². The van der Waals surface area contributed by atoms with Gasteiger partial charge in [0, 0.05) is 12.3 Å². The van der Waals surface area contributed by atoms with Crippen LogP contribution in [0.1, 0.15) is 6.42 Å². The molecule has 3 N–H and O–H groups in total. The van der Waals surface area contributed by atoms with Crippen molar-refractivity contribution in [3.63, 3.8) is 0 Å². The molecule has 0 aromatic carbocycles. The van der Waals surface area contributed by atoms with Gasteiger partial charge in [-0.2, -0.15) is 24.9 Å². The standard InChI is InChI=1S/C8H15F3N2OS2/c1-15-4-2-6(12)7(14)13-3-5-16-8(9,10)11/h6H,2-5,12H2,1H3,(H,13,14)/t6-/m0/s1. The maximum atomic E-state index is 11.7. The number of rotatable bonds is 7. The highest BCUT2D eigenvalue weighted by Crippen LogP contribution is 2.29. The highest BCUT2D eigenvalue weighted by Gasteiger charge is 2.27. The predicted octanol–water partition coefficient (Wildman–Crippen LogP) is 1.44. The molecule has 0 heterocycles. The summed E-state index contributed by atoms with van der Waals surface area (Å²) in [4.78, 5) is 11.2. The van der Waals surface area contributed by atoms with Crippen LogP contribution in [0.25, 0.3) is 0 Å². The van der Waals surface area contributed by atoms with Gasteiger partial charge in [0.2, 0.25) is 5.91 Å². The summed E-state index contributed by atoms with van der Waals surface area (Å²) < 4.78 is 35.2. The van der Waals surface area contributed by atoms with Gasteiger partial charge in [-0.25, -0.2) is 0 Å². The van der Waals surface area contributed by atoms with Crippen LogP contribution in [0, 0.1) is 0 Å². The second kappa shape index (κ2) is 8.08. The van der Waals surface area contributed by atoms with Gasteiger partial charge in [0.1, 0.15) is 0 Å². The smallest absolute Gasteiger partial charge is 0.354 e. The van der Waals surface area contributed by atoms with Crippen molar-refractivity contribution >= 4 is 29.4 Å². The van der Waals surface area contributed by atoms with Crippen LogP contribution in [0.5, 0.6) is 0 Å². The lowest BCUT2D eigenvalue weighted by molar-refractivity contribution is -0.122. The van der Waals surface area contributed by atoms with Crippen molar-refractivity contribution in [2.75, 3.05) is 24.3 Å². The molecule has 0 aliphatic carbocycles. The topological polar surface area (TPSA) is 55.1 Å². The van der Waals surface area contributed by atoms with E-state index in [0.717, 1.165) is 5.75 Å². The minimum absolute atomic E-state index is 0.0179. The van der Waals surface area contributed by atoms with Crippen molar-refractivity contribution in [2.45, 2.75) is 18.0 Å². The number of carbonyl (C=O) groups excluding carboxylic acids is 1. The molecule has 8 heteroatoms. The van der Waals surface area contributed by atoms with Crippen LogP contribution in [0.4, 0.5) is 13.2 Å². The number of nitrogens with one attached hydrogen (secondary N) is 1. The number of hydrogen-bond acceptors (Lipinski definition) is 4. The van der Waals surface area contributed by atoms with Crippen LogP contribution < -0.4 is 11.1 Å². The molecule has 0 aromatic heterocycles. The number of amides is 1. The molecular weight excluding hydrogens is 261 g/mol. The Balaban J connectivity index is 3.57. The van der Waals surface area contributed by atoms with Gasteiger partial charge in [-0.1, -0.05) is 0 Å². The quantitative estimate of drug-likeness (QED) is 0.691. The summed E-state index contributed by atoms with van der Waals surface area (Å²) in [6, 6.07) is -0.636. The van der Waals surface area contributed by atoms with E-state index in [1.54, 1.807) is 11.8 Å². The Morgan fingerprint density at radius 1 is 1.44 bits per heavy atom. The molecule has 96 valence electrons. The third kappa shape index (κ3) is 9.17. The SMILES string of the molecule is CSCC[C@H](N)C(=O)NCCSC(F)(F)F. The average Bonchev–Trinajstić information content (AvgIpc) is 2.19. The third-order valence-corrected chi connectivity index (χ3v) is 3.02. The summed E-state index contributed by atoms with van der Waals surface area (Å²) in [5.41, 5.74) is 1.27. The third-order valence-electron chi connectivity index (χ3n) is 1.64. The summed E-state index contributed by atoms with van der Waals surface area (Å²) in [6.07, 6.45) is 2.42. The van der Waals surface area contributed by atoms with Crippen molar-refractivity contribution in [3.05, 3.63) is 0 Å². The zero-order valence-electron chi connectivity index (χ0n) is 8.84. The van der Waals surface area contributed by atoms with E-state index in [2.05, 4.69) is 5.32 Å².